The first-order valence-electron chi connectivity index (χ1n) is 13.9. The van der Waals surface area contributed by atoms with E-state index in [2.05, 4.69) is 10.6 Å². The van der Waals surface area contributed by atoms with Gasteiger partial charge in [0.1, 0.15) is 17.2 Å². The molecule has 4 aromatic rings. The average molecular weight is 624 g/mol. The normalized spacial score (nSPS) is 17.2. The summed E-state index contributed by atoms with van der Waals surface area (Å²) in [5, 5.41) is 9.45. The third-order valence-corrected chi connectivity index (χ3v) is 7.68. The van der Waals surface area contributed by atoms with E-state index >= 15 is 0 Å². The molecule has 44 heavy (non-hydrogen) atoms. The average Bonchev–Trinajstić information content (AvgIpc) is 3.34. The quantitative estimate of drug-likeness (QED) is 0.245. The summed E-state index contributed by atoms with van der Waals surface area (Å²) >= 11 is 6.04. The van der Waals surface area contributed by atoms with Gasteiger partial charge in [-0.25, -0.2) is 4.68 Å². The van der Waals surface area contributed by atoms with Crippen LogP contribution in [0.5, 0.6) is 0 Å². The summed E-state index contributed by atoms with van der Waals surface area (Å²) in [6.07, 6.45) is -4.66. The maximum absolute atomic E-state index is 14.3. The molecule has 0 unspecified atom stereocenters. The van der Waals surface area contributed by atoms with Gasteiger partial charge in [0.2, 0.25) is 5.91 Å². The van der Waals surface area contributed by atoms with Gasteiger partial charge >= 0.3 is 6.18 Å². The Bertz CT molecular complexity index is 1720. The highest BCUT2D eigenvalue weighted by molar-refractivity contribution is 6.32. The van der Waals surface area contributed by atoms with Crippen LogP contribution >= 0.6 is 11.6 Å². The molecule has 3 atom stereocenters. The number of hydrogen-bond donors (Lipinski definition) is 2. The fourth-order valence-electron chi connectivity index (χ4n) is 5.44. The van der Waals surface area contributed by atoms with Gasteiger partial charge in [0, 0.05) is 29.3 Å². The lowest BCUT2D eigenvalue weighted by Gasteiger charge is -2.39. The van der Waals surface area contributed by atoms with Gasteiger partial charge in [0.15, 0.2) is 0 Å². The van der Waals surface area contributed by atoms with Crippen molar-refractivity contribution in [3.63, 3.8) is 0 Å². The third-order valence-electron chi connectivity index (χ3n) is 7.48. The number of nitrogens with zero attached hydrogens (tertiary/aromatic N) is 3. The van der Waals surface area contributed by atoms with Gasteiger partial charge in [0.05, 0.1) is 16.9 Å². The number of nitrogens with one attached hydrogen (secondary N) is 2. The van der Waals surface area contributed by atoms with Crippen molar-refractivity contribution in [2.24, 2.45) is 0 Å². The number of aromatic nitrogens is 2. The van der Waals surface area contributed by atoms with E-state index in [1.807, 2.05) is 30.3 Å². The second kappa shape index (κ2) is 12.2. The van der Waals surface area contributed by atoms with E-state index in [0.29, 0.717) is 34.0 Å². The van der Waals surface area contributed by atoms with E-state index in [-0.39, 0.29) is 12.1 Å². The molecule has 1 aromatic heterocycles. The van der Waals surface area contributed by atoms with E-state index in [1.165, 1.54) is 17.9 Å². The molecule has 8 nitrogen and oxygen atoms in total. The second-order valence-corrected chi connectivity index (χ2v) is 11.0. The Hall–Kier alpha value is -4.64. The van der Waals surface area contributed by atoms with Crippen molar-refractivity contribution in [2.45, 2.75) is 44.3 Å². The van der Waals surface area contributed by atoms with Gasteiger partial charge < -0.3 is 10.6 Å². The first-order chi connectivity index (χ1) is 20.9. The van der Waals surface area contributed by atoms with Crippen LogP contribution in [0.1, 0.15) is 52.5 Å². The van der Waals surface area contributed by atoms with E-state index in [1.54, 1.807) is 42.8 Å². The first-order valence-corrected chi connectivity index (χ1v) is 14.3. The Kier molecular flexibility index (Phi) is 8.51. The number of alkyl halides is 4. The van der Waals surface area contributed by atoms with E-state index in [0.717, 1.165) is 18.2 Å². The Balaban J connectivity index is 1.70. The highest BCUT2D eigenvalue weighted by Crippen LogP contribution is 2.45. The van der Waals surface area contributed by atoms with Crippen LogP contribution in [0.2, 0.25) is 0 Å². The molecule has 2 heterocycles. The Morgan fingerprint density at radius 1 is 1.02 bits per heavy atom. The standard InChI is InChI=1S/C32H29ClF3N5O3/c1-4-40-30-25(19(3)39-41(30)22-13-6-5-7-14-22)26(23-15-8-9-16-24(23)37-28(42)18(2)33)27(31(40)44)38-29(43)20-11-10-12-21(17-20)32(34,35)36/h5-18,26-27H,4H2,1-3H3,(H,37,42)(H,38,43)/t18-,26-,27+/m0/s1. The number of amides is 3. The molecule has 0 bridgehead atoms. The minimum absolute atomic E-state index is 0.217. The van der Waals surface area contributed by atoms with E-state index < -0.39 is 46.8 Å². The zero-order chi connectivity index (χ0) is 31.8. The van der Waals surface area contributed by atoms with E-state index in [4.69, 9.17) is 16.7 Å². The molecule has 0 aliphatic carbocycles. The number of hydrogen-bond acceptors (Lipinski definition) is 4. The van der Waals surface area contributed by atoms with Crippen molar-refractivity contribution in [1.82, 2.24) is 15.1 Å². The maximum Gasteiger partial charge on any atom is 0.416 e. The third kappa shape index (κ3) is 5.79. The molecule has 1 aliphatic rings. The summed E-state index contributed by atoms with van der Waals surface area (Å²) in [5.74, 6) is -2.22. The Morgan fingerprint density at radius 3 is 2.36 bits per heavy atom. The van der Waals surface area contributed by atoms with Crippen molar-refractivity contribution in [1.29, 1.82) is 0 Å². The molecule has 228 valence electrons. The van der Waals surface area contributed by atoms with Crippen LogP contribution in [0, 0.1) is 6.92 Å². The highest BCUT2D eigenvalue weighted by atomic mass is 35.5. The predicted molar refractivity (Wildman–Crippen MR) is 161 cm³/mol. The number of anilines is 2. The van der Waals surface area contributed by atoms with Crippen LogP contribution in [0.3, 0.4) is 0 Å². The van der Waals surface area contributed by atoms with Gasteiger partial charge in [-0.3, -0.25) is 19.3 Å². The van der Waals surface area contributed by atoms with Crippen LogP contribution in [-0.2, 0) is 15.8 Å². The van der Waals surface area contributed by atoms with E-state index in [9.17, 15) is 27.6 Å². The van der Waals surface area contributed by atoms with Crippen molar-refractivity contribution >= 4 is 40.8 Å². The van der Waals surface area contributed by atoms with Gasteiger partial charge in [0.25, 0.3) is 11.8 Å². The number of carbonyl (C=O) groups is 3. The molecule has 3 aromatic carbocycles. The minimum atomic E-state index is -4.66. The second-order valence-electron chi connectivity index (χ2n) is 10.4. The number of benzene rings is 3. The SMILES string of the molecule is CCN1C(=O)[C@H](NC(=O)c2cccc(C(F)(F)F)c2)[C@@H](c2ccccc2NC(=O)[C@H](C)Cl)c2c(C)nn(-c3ccccc3)c21. The summed E-state index contributed by atoms with van der Waals surface area (Å²) in [6, 6.07) is 18.8. The Morgan fingerprint density at radius 2 is 1.70 bits per heavy atom. The lowest BCUT2D eigenvalue weighted by Crippen LogP contribution is -2.55. The number of halogens is 4. The van der Waals surface area contributed by atoms with Gasteiger partial charge in [-0.15, -0.1) is 11.6 Å². The summed E-state index contributed by atoms with van der Waals surface area (Å²) < 4.78 is 42.0. The summed E-state index contributed by atoms with van der Waals surface area (Å²) in [5.41, 5.74) is 1.49. The summed E-state index contributed by atoms with van der Waals surface area (Å²) in [6.45, 7) is 5.30. The number of likely N-dealkylation sites (N-methyl/N-ethyl adjacent to an activating group) is 1. The zero-order valence-corrected chi connectivity index (χ0v) is 24.8. The molecule has 0 saturated carbocycles. The van der Waals surface area contributed by atoms with Crippen LogP contribution in [0.15, 0.2) is 78.9 Å². The van der Waals surface area contributed by atoms with Crippen LogP contribution in [0.25, 0.3) is 5.69 Å². The van der Waals surface area contributed by atoms with Gasteiger partial charge in [-0.05, 0) is 62.7 Å². The van der Waals surface area contributed by atoms with Gasteiger partial charge in [-0.1, -0.05) is 42.5 Å². The number of rotatable bonds is 7. The minimum Gasteiger partial charge on any atom is -0.339 e. The van der Waals surface area contributed by atoms with Crippen LogP contribution < -0.4 is 15.5 Å². The Labute approximate surface area is 256 Å². The van der Waals surface area contributed by atoms with Crippen LogP contribution in [0.4, 0.5) is 24.7 Å². The molecule has 12 heteroatoms. The van der Waals surface area contributed by atoms with Crippen molar-refractivity contribution in [3.8, 4) is 5.69 Å². The molecule has 3 amide bonds. The molecule has 0 spiro atoms. The number of para-hydroxylation sites is 2. The topological polar surface area (TPSA) is 96.3 Å². The number of carbonyl (C=O) groups excluding carboxylic acids is 3. The molecule has 0 fully saturated rings. The lowest BCUT2D eigenvalue weighted by atomic mass is 9.80. The molecule has 0 radical (unpaired) electrons. The summed E-state index contributed by atoms with van der Waals surface area (Å²) in [4.78, 5) is 42.0. The number of fused-ring (bicyclic) bond motifs is 1. The zero-order valence-electron chi connectivity index (χ0n) is 24.0. The molecule has 1 aliphatic heterocycles. The highest BCUT2D eigenvalue weighted by Gasteiger charge is 2.46. The lowest BCUT2D eigenvalue weighted by molar-refractivity contribution is -0.137. The predicted octanol–water partition coefficient (Wildman–Crippen LogP) is 6.06. The molecule has 0 saturated heterocycles. The number of aryl methyl sites for hydroxylation is 1. The smallest absolute Gasteiger partial charge is 0.339 e. The van der Waals surface area contributed by atoms with Crippen LogP contribution in [-0.4, -0.2) is 45.5 Å². The molecular weight excluding hydrogens is 595 g/mol. The van der Waals surface area contributed by atoms with Crippen molar-refractivity contribution < 1.29 is 27.6 Å². The largest absolute Gasteiger partial charge is 0.416 e. The fraction of sp³-hybridized carbons (Fsp3) is 0.250. The van der Waals surface area contributed by atoms with Crippen molar-refractivity contribution in [3.05, 3.63) is 107 Å². The first kappa shape index (κ1) is 30.8. The monoisotopic (exact) mass is 623 g/mol. The van der Waals surface area contributed by atoms with Crippen molar-refractivity contribution in [2.75, 3.05) is 16.8 Å². The molecule has 2 N–H and O–H groups in total. The molecular formula is C32H29ClF3N5O3. The summed E-state index contributed by atoms with van der Waals surface area (Å²) in [7, 11) is 0. The van der Waals surface area contributed by atoms with Gasteiger partial charge in [-0.2, -0.15) is 18.3 Å². The fourth-order valence-corrected chi connectivity index (χ4v) is 5.50. The molecule has 5 rings (SSSR count). The maximum atomic E-state index is 14.3.